The molecular weight excluding hydrogens is 318 g/mol. The summed E-state index contributed by atoms with van der Waals surface area (Å²) < 4.78 is 6.52. The molecule has 1 aromatic rings. The lowest BCUT2D eigenvalue weighted by Gasteiger charge is -2.39. The van der Waals surface area contributed by atoms with Crippen LogP contribution < -0.4 is 5.32 Å². The molecule has 20 heavy (non-hydrogen) atoms. The lowest BCUT2D eigenvalue weighted by molar-refractivity contribution is -0.128. The van der Waals surface area contributed by atoms with E-state index in [-0.39, 0.29) is 17.4 Å². The number of carbonyl (C=O) groups is 1. The van der Waals surface area contributed by atoms with Crippen LogP contribution in [0.15, 0.2) is 28.7 Å². The molecule has 0 bridgehead atoms. The minimum Gasteiger partial charge on any atom is -0.381 e. The molecule has 0 aliphatic carbocycles. The molecule has 0 radical (unpaired) electrons. The maximum atomic E-state index is 12.3. The zero-order chi connectivity index (χ0) is 14.6. The summed E-state index contributed by atoms with van der Waals surface area (Å²) in [5.74, 6) is 0.177. The summed E-state index contributed by atoms with van der Waals surface area (Å²) in [5.41, 5.74) is 0.870. The van der Waals surface area contributed by atoms with Gasteiger partial charge in [0.15, 0.2) is 0 Å². The van der Waals surface area contributed by atoms with E-state index in [9.17, 15) is 4.79 Å². The van der Waals surface area contributed by atoms with Gasteiger partial charge in [-0.05, 0) is 37.0 Å². The van der Waals surface area contributed by atoms with E-state index < -0.39 is 0 Å². The third kappa shape index (κ3) is 3.41. The van der Waals surface area contributed by atoms with Crippen molar-refractivity contribution in [1.29, 1.82) is 0 Å². The fourth-order valence-corrected chi connectivity index (χ4v) is 2.94. The molecule has 110 valence electrons. The molecule has 1 aliphatic heterocycles. The van der Waals surface area contributed by atoms with Gasteiger partial charge in [0.05, 0.1) is 5.54 Å². The second kappa shape index (κ2) is 6.72. The molecule has 2 rings (SSSR count). The molecule has 1 heterocycles. The average molecular weight is 340 g/mol. The van der Waals surface area contributed by atoms with E-state index in [0.717, 1.165) is 29.3 Å². The van der Waals surface area contributed by atoms with Crippen molar-refractivity contribution in [3.05, 3.63) is 34.3 Å². The quantitative estimate of drug-likeness (QED) is 0.909. The standard InChI is InChI=1S/C16H22BrNO2/c1-3-12(2)15(19)18-16(7-9-20-10-8-16)13-5-4-6-14(17)11-13/h4-6,11-12H,3,7-10H2,1-2H3,(H,18,19)/t12-/m1/s1. The van der Waals surface area contributed by atoms with Crippen molar-refractivity contribution in [2.45, 2.75) is 38.6 Å². The Morgan fingerprint density at radius 1 is 1.45 bits per heavy atom. The van der Waals surface area contributed by atoms with E-state index in [1.54, 1.807) is 0 Å². The number of nitrogens with one attached hydrogen (secondary N) is 1. The van der Waals surface area contributed by atoms with Gasteiger partial charge >= 0.3 is 0 Å². The summed E-state index contributed by atoms with van der Waals surface area (Å²) in [6.07, 6.45) is 2.51. The van der Waals surface area contributed by atoms with Crippen LogP contribution in [0.1, 0.15) is 38.7 Å². The highest BCUT2D eigenvalue weighted by Crippen LogP contribution is 2.33. The van der Waals surface area contributed by atoms with E-state index in [4.69, 9.17) is 4.74 Å². The second-order valence-electron chi connectivity index (χ2n) is 5.50. The molecule has 1 N–H and O–H groups in total. The fourth-order valence-electron chi connectivity index (χ4n) is 2.54. The normalized spacial score (nSPS) is 19.4. The van der Waals surface area contributed by atoms with Crippen LogP contribution in [0.2, 0.25) is 0 Å². The second-order valence-corrected chi connectivity index (χ2v) is 6.42. The molecule has 1 saturated heterocycles. The molecule has 1 amide bonds. The Labute approximate surface area is 129 Å². The summed E-state index contributed by atoms with van der Waals surface area (Å²) in [7, 11) is 0. The third-order valence-electron chi connectivity index (χ3n) is 4.15. The molecule has 3 nitrogen and oxygen atoms in total. The third-order valence-corrected chi connectivity index (χ3v) is 4.64. The van der Waals surface area contributed by atoms with Crippen LogP contribution in [-0.2, 0) is 15.1 Å². The number of amides is 1. The first-order valence-corrected chi connectivity index (χ1v) is 8.02. The van der Waals surface area contributed by atoms with Gasteiger partial charge in [0.1, 0.15) is 0 Å². The van der Waals surface area contributed by atoms with E-state index >= 15 is 0 Å². The van der Waals surface area contributed by atoms with Gasteiger partial charge in [0.2, 0.25) is 5.91 Å². The Morgan fingerprint density at radius 3 is 2.75 bits per heavy atom. The van der Waals surface area contributed by atoms with Gasteiger partial charge in [0, 0.05) is 23.6 Å². The zero-order valence-corrected chi connectivity index (χ0v) is 13.7. The molecule has 1 fully saturated rings. The Morgan fingerprint density at radius 2 is 2.15 bits per heavy atom. The number of halogens is 1. The lowest BCUT2D eigenvalue weighted by atomic mass is 9.82. The number of hydrogen-bond donors (Lipinski definition) is 1. The van der Waals surface area contributed by atoms with Crippen molar-refractivity contribution in [2.75, 3.05) is 13.2 Å². The number of hydrogen-bond acceptors (Lipinski definition) is 2. The minimum atomic E-state index is -0.289. The topological polar surface area (TPSA) is 38.3 Å². The van der Waals surface area contributed by atoms with Crippen LogP contribution in [0.4, 0.5) is 0 Å². The fraction of sp³-hybridized carbons (Fsp3) is 0.562. The largest absolute Gasteiger partial charge is 0.381 e. The molecule has 4 heteroatoms. The van der Waals surface area contributed by atoms with Crippen LogP contribution in [0.5, 0.6) is 0 Å². The van der Waals surface area contributed by atoms with Gasteiger partial charge < -0.3 is 10.1 Å². The number of rotatable bonds is 4. The smallest absolute Gasteiger partial charge is 0.223 e. The summed E-state index contributed by atoms with van der Waals surface area (Å²) >= 11 is 3.52. The zero-order valence-electron chi connectivity index (χ0n) is 12.1. The Hall–Kier alpha value is -0.870. The monoisotopic (exact) mass is 339 g/mol. The Balaban J connectivity index is 2.28. The number of ether oxygens (including phenoxy) is 1. The highest BCUT2D eigenvalue weighted by Gasteiger charge is 2.36. The molecule has 0 spiro atoms. The van der Waals surface area contributed by atoms with Crippen LogP contribution in [-0.4, -0.2) is 19.1 Å². The summed E-state index contributed by atoms with van der Waals surface area (Å²) in [4.78, 5) is 12.3. The van der Waals surface area contributed by atoms with E-state index in [0.29, 0.717) is 13.2 Å². The molecule has 0 unspecified atom stereocenters. The highest BCUT2D eigenvalue weighted by atomic mass is 79.9. The first kappa shape index (κ1) is 15.5. The van der Waals surface area contributed by atoms with Crippen LogP contribution >= 0.6 is 15.9 Å². The Bertz CT molecular complexity index is 469. The summed E-state index contributed by atoms with van der Waals surface area (Å²) in [6.45, 7) is 5.39. The molecule has 0 aromatic heterocycles. The predicted octanol–water partition coefficient (Wildman–Crippen LogP) is 3.62. The van der Waals surface area contributed by atoms with Gasteiger partial charge in [-0.25, -0.2) is 0 Å². The minimum absolute atomic E-state index is 0.0434. The molecule has 1 atom stereocenters. The number of carbonyl (C=O) groups excluding carboxylic acids is 1. The van der Waals surface area contributed by atoms with Crippen LogP contribution in [0.3, 0.4) is 0 Å². The van der Waals surface area contributed by atoms with E-state index in [1.165, 1.54) is 0 Å². The molecule has 0 saturated carbocycles. The molecular formula is C16H22BrNO2. The van der Waals surface area contributed by atoms with Gasteiger partial charge in [-0.1, -0.05) is 41.9 Å². The summed E-state index contributed by atoms with van der Waals surface area (Å²) in [6, 6.07) is 8.22. The van der Waals surface area contributed by atoms with Crippen molar-refractivity contribution in [3.8, 4) is 0 Å². The lowest BCUT2D eigenvalue weighted by Crippen LogP contribution is -2.50. The number of benzene rings is 1. The van der Waals surface area contributed by atoms with E-state index in [2.05, 4.69) is 33.4 Å². The molecule has 1 aromatic carbocycles. The van der Waals surface area contributed by atoms with Crippen molar-refractivity contribution in [1.82, 2.24) is 5.32 Å². The van der Waals surface area contributed by atoms with Crippen molar-refractivity contribution >= 4 is 21.8 Å². The SMILES string of the molecule is CC[C@@H](C)C(=O)NC1(c2cccc(Br)c2)CCOCC1. The van der Waals surface area contributed by atoms with Gasteiger partial charge in [-0.2, -0.15) is 0 Å². The van der Waals surface area contributed by atoms with Gasteiger partial charge in [0.25, 0.3) is 0 Å². The van der Waals surface area contributed by atoms with Gasteiger partial charge in [-0.15, -0.1) is 0 Å². The first-order chi connectivity index (χ1) is 9.57. The van der Waals surface area contributed by atoms with Gasteiger partial charge in [-0.3, -0.25) is 4.79 Å². The summed E-state index contributed by atoms with van der Waals surface area (Å²) in [5, 5.41) is 3.29. The Kier molecular flexibility index (Phi) is 5.22. The van der Waals surface area contributed by atoms with E-state index in [1.807, 2.05) is 26.0 Å². The first-order valence-electron chi connectivity index (χ1n) is 7.23. The molecule has 1 aliphatic rings. The van der Waals surface area contributed by atoms with Crippen molar-refractivity contribution in [3.63, 3.8) is 0 Å². The highest BCUT2D eigenvalue weighted by molar-refractivity contribution is 9.10. The maximum Gasteiger partial charge on any atom is 0.223 e. The maximum absolute atomic E-state index is 12.3. The van der Waals surface area contributed by atoms with Crippen molar-refractivity contribution < 1.29 is 9.53 Å². The van der Waals surface area contributed by atoms with Crippen LogP contribution in [0.25, 0.3) is 0 Å². The van der Waals surface area contributed by atoms with Crippen LogP contribution in [0, 0.1) is 5.92 Å². The van der Waals surface area contributed by atoms with Crippen molar-refractivity contribution in [2.24, 2.45) is 5.92 Å². The average Bonchev–Trinajstić information content (AvgIpc) is 2.47. The predicted molar refractivity (Wildman–Crippen MR) is 83.5 cm³/mol.